The summed E-state index contributed by atoms with van der Waals surface area (Å²) >= 11 is 12.0. The Labute approximate surface area is 214 Å². The Hall–Kier alpha value is -3.38. The molecule has 0 aromatic heterocycles. The summed E-state index contributed by atoms with van der Waals surface area (Å²) in [6, 6.07) is 25.0. The second-order valence-corrected chi connectivity index (χ2v) is 10.2. The average molecular weight is 526 g/mol. The van der Waals surface area contributed by atoms with Crippen LogP contribution < -0.4 is 5.32 Å². The van der Waals surface area contributed by atoms with Crippen molar-refractivity contribution in [1.29, 1.82) is 5.26 Å². The maximum atomic E-state index is 13.1. The summed E-state index contributed by atoms with van der Waals surface area (Å²) in [7, 11) is -4.07. The van der Waals surface area contributed by atoms with E-state index in [-0.39, 0.29) is 29.7 Å². The van der Waals surface area contributed by atoms with Gasteiger partial charge in [-0.05, 0) is 47.5 Å². The van der Waals surface area contributed by atoms with Gasteiger partial charge in [-0.2, -0.15) is 18.8 Å². The van der Waals surface area contributed by atoms with Crippen molar-refractivity contribution in [2.45, 2.75) is 17.2 Å². The van der Waals surface area contributed by atoms with E-state index in [2.05, 4.69) is 9.71 Å². The summed E-state index contributed by atoms with van der Waals surface area (Å²) < 4.78 is 30.2. The van der Waals surface area contributed by atoms with E-state index in [1.807, 2.05) is 48.5 Å². The monoisotopic (exact) mass is 525 g/mol. The normalized spacial score (nSPS) is 16.0. The van der Waals surface area contributed by atoms with Crippen LogP contribution in [0.2, 0.25) is 10.0 Å². The summed E-state index contributed by atoms with van der Waals surface area (Å²) in [5.41, 5.74) is 2.65. The predicted octanol–water partition coefficient (Wildman–Crippen LogP) is 5.05. The molecule has 1 N–H and O–H groups in total. The zero-order valence-corrected chi connectivity index (χ0v) is 20.8. The predicted molar refractivity (Wildman–Crippen MR) is 138 cm³/mol. The summed E-state index contributed by atoms with van der Waals surface area (Å²) in [6.45, 7) is 0.570. The van der Waals surface area contributed by atoms with Crippen LogP contribution in [0.15, 0.2) is 93.3 Å². The van der Waals surface area contributed by atoms with Crippen LogP contribution in [0.3, 0.4) is 0 Å². The maximum absolute atomic E-state index is 13.1. The molecule has 1 heterocycles. The SMILES string of the molecule is N#CCCN/C(=N/S(=O)(=O)c1ccc(Cl)cc1)N1CC(c2ccccc2)C(c2ccc(Cl)cc2)=N1. The van der Waals surface area contributed by atoms with Gasteiger partial charge in [-0.25, -0.2) is 5.01 Å². The Morgan fingerprint density at radius 3 is 2.29 bits per heavy atom. The van der Waals surface area contributed by atoms with Gasteiger partial charge in [0.05, 0.1) is 29.6 Å². The molecule has 0 saturated carbocycles. The molecule has 10 heteroatoms. The molecule has 3 aromatic rings. The first kappa shape index (κ1) is 24.7. The van der Waals surface area contributed by atoms with Crippen molar-refractivity contribution in [2.24, 2.45) is 9.50 Å². The number of nitrogens with zero attached hydrogens (tertiary/aromatic N) is 4. The fourth-order valence-corrected chi connectivity index (χ4v) is 4.86. The van der Waals surface area contributed by atoms with Crippen LogP contribution in [0.5, 0.6) is 0 Å². The number of hydrogen-bond acceptors (Lipinski definition) is 4. The lowest BCUT2D eigenvalue weighted by Gasteiger charge is -2.19. The van der Waals surface area contributed by atoms with E-state index in [9.17, 15) is 8.42 Å². The van der Waals surface area contributed by atoms with E-state index < -0.39 is 10.0 Å². The summed E-state index contributed by atoms with van der Waals surface area (Å²) in [5.74, 6) is -0.0985. The zero-order valence-electron chi connectivity index (χ0n) is 18.5. The van der Waals surface area contributed by atoms with Gasteiger partial charge in [0, 0.05) is 22.5 Å². The van der Waals surface area contributed by atoms with Crippen LogP contribution in [0.1, 0.15) is 23.5 Å². The molecule has 1 aliphatic rings. The minimum absolute atomic E-state index is 0.00203. The lowest BCUT2D eigenvalue weighted by molar-refractivity contribution is 0.456. The van der Waals surface area contributed by atoms with Crippen molar-refractivity contribution in [3.8, 4) is 6.07 Å². The van der Waals surface area contributed by atoms with Gasteiger partial charge in [-0.1, -0.05) is 65.7 Å². The molecule has 1 atom stereocenters. The second-order valence-electron chi connectivity index (χ2n) is 7.72. The highest BCUT2D eigenvalue weighted by Crippen LogP contribution is 2.30. The van der Waals surface area contributed by atoms with Crippen molar-refractivity contribution >= 4 is 44.9 Å². The number of hydrazone groups is 1. The molecule has 7 nitrogen and oxygen atoms in total. The summed E-state index contributed by atoms with van der Waals surface area (Å²) in [4.78, 5) is 0.00203. The number of halogens is 2. The molecule has 35 heavy (non-hydrogen) atoms. The first-order chi connectivity index (χ1) is 16.9. The van der Waals surface area contributed by atoms with Gasteiger partial charge in [-0.15, -0.1) is 4.40 Å². The maximum Gasteiger partial charge on any atom is 0.285 e. The largest absolute Gasteiger partial charge is 0.353 e. The number of benzene rings is 3. The van der Waals surface area contributed by atoms with Crippen LogP contribution in [-0.2, 0) is 10.0 Å². The Morgan fingerprint density at radius 2 is 1.66 bits per heavy atom. The first-order valence-electron chi connectivity index (χ1n) is 10.8. The zero-order chi connectivity index (χ0) is 24.8. The fraction of sp³-hybridized carbons (Fsp3) is 0.160. The highest BCUT2D eigenvalue weighted by molar-refractivity contribution is 7.90. The van der Waals surface area contributed by atoms with E-state index in [1.165, 1.54) is 29.3 Å². The quantitative estimate of drug-likeness (QED) is 0.276. The van der Waals surface area contributed by atoms with Crippen LogP contribution >= 0.6 is 23.2 Å². The van der Waals surface area contributed by atoms with Crippen molar-refractivity contribution in [2.75, 3.05) is 13.1 Å². The molecule has 1 aliphatic heterocycles. The molecule has 1 unspecified atom stereocenters. The Kier molecular flexibility index (Phi) is 7.71. The van der Waals surface area contributed by atoms with Crippen molar-refractivity contribution in [1.82, 2.24) is 10.3 Å². The van der Waals surface area contributed by atoms with Crippen LogP contribution in [0.25, 0.3) is 0 Å². The topological polar surface area (TPSA) is 97.9 Å². The second kappa shape index (κ2) is 10.9. The van der Waals surface area contributed by atoms with Gasteiger partial charge >= 0.3 is 0 Å². The van der Waals surface area contributed by atoms with Gasteiger partial charge in [0.25, 0.3) is 10.0 Å². The van der Waals surface area contributed by atoms with Crippen LogP contribution in [0.4, 0.5) is 0 Å². The number of rotatable bonds is 6. The van der Waals surface area contributed by atoms with Gasteiger partial charge in [-0.3, -0.25) is 0 Å². The molecular weight excluding hydrogens is 505 g/mol. The van der Waals surface area contributed by atoms with Crippen molar-refractivity contribution < 1.29 is 8.42 Å². The first-order valence-corrected chi connectivity index (χ1v) is 13.0. The van der Waals surface area contributed by atoms with Crippen LogP contribution in [0, 0.1) is 11.3 Å². The lowest BCUT2D eigenvalue weighted by Crippen LogP contribution is -2.39. The van der Waals surface area contributed by atoms with E-state index in [4.69, 9.17) is 33.6 Å². The number of nitrogens with one attached hydrogen (secondary N) is 1. The molecule has 3 aromatic carbocycles. The summed E-state index contributed by atoms with van der Waals surface area (Å²) in [6.07, 6.45) is 0.170. The van der Waals surface area contributed by atoms with Gasteiger partial charge in [0.15, 0.2) is 0 Å². The van der Waals surface area contributed by atoms with Gasteiger partial charge < -0.3 is 5.32 Å². The van der Waals surface area contributed by atoms with Crippen LogP contribution in [-0.4, -0.2) is 38.2 Å². The molecule has 0 bridgehead atoms. The molecule has 0 saturated heterocycles. The third-order valence-corrected chi connectivity index (χ3v) is 7.12. The Bertz CT molecular complexity index is 1380. The van der Waals surface area contributed by atoms with Crippen molar-refractivity contribution in [3.63, 3.8) is 0 Å². The highest BCUT2D eigenvalue weighted by atomic mass is 35.5. The van der Waals surface area contributed by atoms with Crippen molar-refractivity contribution in [3.05, 3.63) is 100 Å². The minimum atomic E-state index is -4.07. The third kappa shape index (κ3) is 6.01. The molecular formula is C25H21Cl2N5O2S. The molecule has 0 spiro atoms. The number of hydrogen-bond donors (Lipinski definition) is 1. The molecule has 178 valence electrons. The third-order valence-electron chi connectivity index (χ3n) is 5.34. The Balaban J connectivity index is 1.76. The lowest BCUT2D eigenvalue weighted by atomic mass is 9.91. The molecule has 0 aliphatic carbocycles. The standard InChI is InChI=1S/C25H21Cl2N5O2S/c26-20-9-7-19(8-10-20)24-23(18-5-2-1-3-6-18)17-32(30-24)25(29-16-4-15-28)31-35(33,34)22-13-11-21(27)12-14-22/h1-3,5-14,23H,4,16-17H2,(H,29,31). The van der Waals surface area contributed by atoms with Gasteiger partial charge in [0.2, 0.25) is 5.96 Å². The minimum Gasteiger partial charge on any atom is -0.353 e. The van der Waals surface area contributed by atoms with E-state index in [1.54, 1.807) is 12.1 Å². The van der Waals surface area contributed by atoms with E-state index >= 15 is 0 Å². The molecule has 0 radical (unpaired) electrons. The molecule has 4 rings (SSSR count). The van der Waals surface area contributed by atoms with E-state index in [0.717, 1.165) is 16.8 Å². The van der Waals surface area contributed by atoms with Gasteiger partial charge in [0.1, 0.15) is 0 Å². The fourth-order valence-electron chi connectivity index (χ4n) is 3.64. The highest BCUT2D eigenvalue weighted by Gasteiger charge is 2.32. The molecule has 0 amide bonds. The average Bonchev–Trinajstić information content (AvgIpc) is 3.30. The molecule has 0 fully saturated rings. The number of guanidine groups is 1. The number of nitriles is 1. The Morgan fingerprint density at radius 1 is 1.03 bits per heavy atom. The van der Waals surface area contributed by atoms with E-state index in [0.29, 0.717) is 16.6 Å². The summed E-state index contributed by atoms with van der Waals surface area (Å²) in [5, 5.41) is 19.3. The number of sulfonamides is 1. The smallest absolute Gasteiger partial charge is 0.285 e.